The van der Waals surface area contributed by atoms with Crippen molar-refractivity contribution >= 4 is 23.2 Å². The van der Waals surface area contributed by atoms with Gasteiger partial charge in [0.1, 0.15) is 6.07 Å². The van der Waals surface area contributed by atoms with Crippen LogP contribution in [0.4, 0.5) is 5.69 Å². The lowest BCUT2D eigenvalue weighted by molar-refractivity contribution is -0.130. The van der Waals surface area contributed by atoms with Gasteiger partial charge in [-0.1, -0.05) is 52.1 Å². The fourth-order valence-corrected chi connectivity index (χ4v) is 4.30. The Labute approximate surface area is 181 Å². The van der Waals surface area contributed by atoms with Crippen LogP contribution in [0.25, 0.3) is 0 Å². The quantitative estimate of drug-likeness (QED) is 0.477. The summed E-state index contributed by atoms with van der Waals surface area (Å²) in [5.41, 5.74) is 1.55. The molecule has 1 saturated heterocycles. The van der Waals surface area contributed by atoms with Crippen molar-refractivity contribution in [2.24, 2.45) is 11.8 Å². The summed E-state index contributed by atoms with van der Waals surface area (Å²) in [4.78, 5) is 17.1. The first-order chi connectivity index (χ1) is 13.8. The van der Waals surface area contributed by atoms with Gasteiger partial charge >= 0.3 is 0 Å². The molecule has 1 aliphatic rings. The largest absolute Gasteiger partial charge is 0.367 e. The summed E-state index contributed by atoms with van der Waals surface area (Å²) in [7, 11) is 0. The van der Waals surface area contributed by atoms with Gasteiger partial charge in [0.25, 0.3) is 0 Å². The number of halogens is 1. The fourth-order valence-electron chi connectivity index (χ4n) is 4.08. The normalized spacial score (nSPS) is 17.4. The SMILES string of the molecule is CCCC(C)CCC(=O)N1CCC(N(CCC(C)C)c2ccc(C#N)c(Cl)c2)C1. The van der Waals surface area contributed by atoms with Crippen molar-refractivity contribution < 1.29 is 4.79 Å². The van der Waals surface area contributed by atoms with Crippen LogP contribution in [0.1, 0.15) is 71.8 Å². The highest BCUT2D eigenvalue weighted by atomic mass is 35.5. The number of hydrogen-bond acceptors (Lipinski definition) is 3. The predicted molar refractivity (Wildman–Crippen MR) is 121 cm³/mol. The summed E-state index contributed by atoms with van der Waals surface area (Å²) in [5.74, 6) is 1.51. The van der Waals surface area contributed by atoms with E-state index in [1.165, 1.54) is 12.8 Å². The second-order valence-corrected chi connectivity index (χ2v) is 9.27. The highest BCUT2D eigenvalue weighted by molar-refractivity contribution is 6.32. The Bertz CT molecular complexity index is 713. The van der Waals surface area contributed by atoms with E-state index in [-0.39, 0.29) is 5.91 Å². The van der Waals surface area contributed by atoms with Gasteiger partial charge in [0, 0.05) is 37.8 Å². The Hall–Kier alpha value is -1.73. The molecule has 0 spiro atoms. The number of nitrogens with zero attached hydrogens (tertiary/aromatic N) is 3. The molecular weight excluding hydrogens is 382 g/mol. The highest BCUT2D eigenvalue weighted by Crippen LogP contribution is 2.29. The van der Waals surface area contributed by atoms with Gasteiger partial charge in [0.2, 0.25) is 5.91 Å². The fraction of sp³-hybridized carbons (Fsp3) is 0.667. The first kappa shape index (κ1) is 23.5. The van der Waals surface area contributed by atoms with E-state index in [1.807, 2.05) is 17.0 Å². The summed E-state index contributed by atoms with van der Waals surface area (Å²) in [6, 6.07) is 8.12. The van der Waals surface area contributed by atoms with Gasteiger partial charge in [0.05, 0.1) is 10.6 Å². The summed E-state index contributed by atoms with van der Waals surface area (Å²) in [6.45, 7) is 11.4. The number of carbonyl (C=O) groups excluding carboxylic acids is 1. The number of benzene rings is 1. The molecule has 1 aromatic rings. The van der Waals surface area contributed by atoms with Gasteiger partial charge in [-0.05, 0) is 49.3 Å². The molecule has 1 amide bonds. The molecule has 2 unspecified atom stereocenters. The molecule has 1 aromatic carbocycles. The van der Waals surface area contributed by atoms with Gasteiger partial charge < -0.3 is 9.80 Å². The van der Waals surface area contributed by atoms with E-state index in [2.05, 4.69) is 38.7 Å². The maximum absolute atomic E-state index is 12.7. The van der Waals surface area contributed by atoms with E-state index < -0.39 is 0 Å². The first-order valence-electron chi connectivity index (χ1n) is 11.1. The molecule has 160 valence electrons. The van der Waals surface area contributed by atoms with Crippen molar-refractivity contribution in [3.8, 4) is 6.07 Å². The van der Waals surface area contributed by atoms with Crippen molar-refractivity contribution in [2.75, 3.05) is 24.5 Å². The van der Waals surface area contributed by atoms with Crippen molar-refractivity contribution in [3.05, 3.63) is 28.8 Å². The van der Waals surface area contributed by atoms with Gasteiger partial charge in [-0.15, -0.1) is 0 Å². The topological polar surface area (TPSA) is 47.3 Å². The van der Waals surface area contributed by atoms with Crippen LogP contribution in [0, 0.1) is 23.2 Å². The van der Waals surface area contributed by atoms with Gasteiger partial charge in [-0.2, -0.15) is 5.26 Å². The van der Waals surface area contributed by atoms with Crippen LogP contribution in [0.2, 0.25) is 5.02 Å². The third-order valence-corrected chi connectivity index (χ3v) is 6.25. The Morgan fingerprint density at radius 2 is 2.07 bits per heavy atom. The van der Waals surface area contributed by atoms with E-state index >= 15 is 0 Å². The lowest BCUT2D eigenvalue weighted by atomic mass is 10.00. The minimum Gasteiger partial charge on any atom is -0.367 e. The zero-order chi connectivity index (χ0) is 21.4. The molecule has 29 heavy (non-hydrogen) atoms. The molecule has 2 rings (SSSR count). The molecule has 0 aliphatic carbocycles. The monoisotopic (exact) mass is 417 g/mol. The van der Waals surface area contributed by atoms with Crippen LogP contribution in [-0.2, 0) is 4.79 Å². The lowest BCUT2D eigenvalue weighted by Crippen LogP contribution is -2.40. The van der Waals surface area contributed by atoms with Gasteiger partial charge in [0.15, 0.2) is 0 Å². The third-order valence-electron chi connectivity index (χ3n) is 5.94. The van der Waals surface area contributed by atoms with Crippen LogP contribution < -0.4 is 4.90 Å². The summed E-state index contributed by atoms with van der Waals surface area (Å²) < 4.78 is 0. The van der Waals surface area contributed by atoms with Crippen molar-refractivity contribution in [1.82, 2.24) is 4.90 Å². The molecule has 1 fully saturated rings. The minimum absolute atomic E-state index is 0.289. The lowest BCUT2D eigenvalue weighted by Gasteiger charge is -2.32. The van der Waals surface area contributed by atoms with Crippen LogP contribution in [0.5, 0.6) is 0 Å². The molecule has 0 saturated carbocycles. The molecule has 1 heterocycles. The standard InChI is InChI=1S/C24H36ClN3O/c1-5-6-19(4)7-10-24(29)27-13-12-22(17-27)28(14-11-18(2)3)21-9-8-20(16-26)23(25)15-21/h8-9,15,18-19,22H,5-7,10-14,17H2,1-4H3. The number of nitriles is 1. The smallest absolute Gasteiger partial charge is 0.222 e. The van der Waals surface area contributed by atoms with Crippen molar-refractivity contribution in [2.45, 2.75) is 72.3 Å². The van der Waals surface area contributed by atoms with Crippen molar-refractivity contribution in [1.29, 1.82) is 5.26 Å². The number of likely N-dealkylation sites (tertiary alicyclic amines) is 1. The first-order valence-corrected chi connectivity index (χ1v) is 11.5. The molecule has 1 aliphatic heterocycles. The maximum atomic E-state index is 12.7. The van der Waals surface area contributed by atoms with E-state index in [4.69, 9.17) is 16.9 Å². The molecule has 0 aromatic heterocycles. The van der Waals surface area contributed by atoms with Crippen LogP contribution in [-0.4, -0.2) is 36.5 Å². The van der Waals surface area contributed by atoms with E-state index in [0.29, 0.717) is 34.9 Å². The van der Waals surface area contributed by atoms with Gasteiger partial charge in [-0.25, -0.2) is 0 Å². The second-order valence-electron chi connectivity index (χ2n) is 8.87. The summed E-state index contributed by atoms with van der Waals surface area (Å²) in [5, 5.41) is 9.66. The molecule has 4 nitrogen and oxygen atoms in total. The molecule has 0 bridgehead atoms. The zero-order valence-corrected chi connectivity index (χ0v) is 19.2. The summed E-state index contributed by atoms with van der Waals surface area (Å²) in [6.07, 6.45) is 6.07. The molecule has 0 radical (unpaired) electrons. The Kier molecular flexibility index (Phi) is 9.30. The van der Waals surface area contributed by atoms with E-state index in [1.54, 1.807) is 6.07 Å². The van der Waals surface area contributed by atoms with Gasteiger partial charge in [-0.3, -0.25) is 4.79 Å². The van der Waals surface area contributed by atoms with Crippen LogP contribution >= 0.6 is 11.6 Å². The third kappa shape index (κ3) is 6.93. The summed E-state index contributed by atoms with van der Waals surface area (Å²) >= 11 is 6.30. The number of rotatable bonds is 10. The zero-order valence-electron chi connectivity index (χ0n) is 18.5. The Morgan fingerprint density at radius 3 is 2.69 bits per heavy atom. The van der Waals surface area contributed by atoms with E-state index in [9.17, 15) is 4.79 Å². The predicted octanol–water partition coefficient (Wildman–Crippen LogP) is 5.88. The van der Waals surface area contributed by atoms with Crippen molar-refractivity contribution in [3.63, 3.8) is 0 Å². The second kappa shape index (κ2) is 11.5. The molecule has 2 atom stereocenters. The average molecular weight is 418 g/mol. The Morgan fingerprint density at radius 1 is 1.31 bits per heavy atom. The van der Waals surface area contributed by atoms with Crippen LogP contribution in [0.3, 0.4) is 0 Å². The number of carbonyl (C=O) groups is 1. The molecular formula is C24H36ClN3O. The number of hydrogen-bond donors (Lipinski definition) is 0. The highest BCUT2D eigenvalue weighted by Gasteiger charge is 2.30. The maximum Gasteiger partial charge on any atom is 0.222 e. The van der Waals surface area contributed by atoms with E-state index in [0.717, 1.165) is 44.6 Å². The number of amides is 1. The average Bonchev–Trinajstić information content (AvgIpc) is 3.16. The molecule has 5 heteroatoms. The Balaban J connectivity index is 2.05. The molecule has 0 N–H and O–H groups in total. The number of anilines is 1. The van der Waals surface area contributed by atoms with Crippen LogP contribution in [0.15, 0.2) is 18.2 Å². The minimum atomic E-state index is 0.289.